The second kappa shape index (κ2) is 11.5. The van der Waals surface area contributed by atoms with Crippen LogP contribution in [0.5, 0.6) is 0 Å². The molecule has 2 atom stereocenters. The Morgan fingerprint density at radius 1 is 1.11 bits per heavy atom. The van der Waals surface area contributed by atoms with E-state index in [0.717, 1.165) is 6.54 Å². The number of rotatable bonds is 7. The molecule has 0 spiro atoms. The van der Waals surface area contributed by atoms with Crippen LogP contribution in [0.15, 0.2) is 30.3 Å². The zero-order valence-corrected chi connectivity index (χ0v) is 13.2. The van der Waals surface area contributed by atoms with E-state index in [2.05, 4.69) is 19.2 Å². The number of benzene rings is 1. The minimum atomic E-state index is -0.492. The number of hydrogen-bond donors (Lipinski definition) is 3. The van der Waals surface area contributed by atoms with Gasteiger partial charge in [-0.25, -0.2) is 0 Å². The third-order valence-electron chi connectivity index (χ3n) is 2.71. The Bertz CT molecular complexity index is 310. The second-order valence-electron chi connectivity index (χ2n) is 4.97. The molecular formula is C14H26Cl2N2O. The molecule has 0 saturated carbocycles. The molecule has 1 rings (SSSR count). The molecule has 0 heterocycles. The van der Waals surface area contributed by atoms with E-state index >= 15 is 0 Å². The summed E-state index contributed by atoms with van der Waals surface area (Å²) in [5, 5.41) is 13.1. The maximum atomic E-state index is 9.90. The number of halogens is 2. The van der Waals surface area contributed by atoms with Gasteiger partial charge in [0.2, 0.25) is 0 Å². The van der Waals surface area contributed by atoms with Gasteiger partial charge in [-0.15, -0.1) is 24.8 Å². The first-order chi connectivity index (χ1) is 8.09. The van der Waals surface area contributed by atoms with Crippen molar-refractivity contribution in [1.29, 1.82) is 0 Å². The lowest BCUT2D eigenvalue weighted by atomic mass is 10.0. The highest BCUT2D eigenvalue weighted by molar-refractivity contribution is 5.85. The highest BCUT2D eigenvalue weighted by Crippen LogP contribution is 2.04. The molecule has 1 aromatic carbocycles. The van der Waals surface area contributed by atoms with Gasteiger partial charge in [0.05, 0.1) is 6.10 Å². The monoisotopic (exact) mass is 308 g/mol. The highest BCUT2D eigenvalue weighted by Gasteiger charge is 2.14. The topological polar surface area (TPSA) is 58.3 Å². The average molecular weight is 309 g/mol. The summed E-state index contributed by atoms with van der Waals surface area (Å²) in [6.45, 7) is 5.76. The molecule has 0 radical (unpaired) electrons. The van der Waals surface area contributed by atoms with E-state index in [0.29, 0.717) is 18.9 Å². The van der Waals surface area contributed by atoms with Crippen LogP contribution in [-0.4, -0.2) is 30.3 Å². The Morgan fingerprint density at radius 3 is 2.21 bits per heavy atom. The van der Waals surface area contributed by atoms with Gasteiger partial charge in [0, 0.05) is 12.6 Å². The van der Waals surface area contributed by atoms with Crippen molar-refractivity contribution in [3.8, 4) is 0 Å². The molecule has 0 fully saturated rings. The standard InChI is InChI=1S/C14H24N2O.2ClH/c1-11(2)9-16-10-14(17)13(15)8-12-6-4-3-5-7-12;;/h3-7,11,13-14,16-17H,8-10,15H2,1-2H3;2*1H/t13-,14+;;/m0../s1. The molecule has 0 bridgehead atoms. The van der Waals surface area contributed by atoms with Gasteiger partial charge < -0.3 is 16.2 Å². The smallest absolute Gasteiger partial charge is 0.0818 e. The predicted octanol–water partition coefficient (Wildman–Crippen LogP) is 2.01. The van der Waals surface area contributed by atoms with Gasteiger partial charge >= 0.3 is 0 Å². The van der Waals surface area contributed by atoms with E-state index in [-0.39, 0.29) is 30.9 Å². The second-order valence-corrected chi connectivity index (χ2v) is 4.97. The Labute approximate surface area is 128 Å². The van der Waals surface area contributed by atoms with E-state index in [4.69, 9.17) is 5.73 Å². The fourth-order valence-corrected chi connectivity index (χ4v) is 1.69. The first kappa shape index (κ1) is 21.0. The maximum Gasteiger partial charge on any atom is 0.0818 e. The van der Waals surface area contributed by atoms with Crippen molar-refractivity contribution >= 4 is 24.8 Å². The van der Waals surface area contributed by atoms with E-state index in [9.17, 15) is 5.11 Å². The van der Waals surface area contributed by atoms with Gasteiger partial charge in [-0.2, -0.15) is 0 Å². The van der Waals surface area contributed by atoms with Crippen molar-refractivity contribution < 1.29 is 5.11 Å². The van der Waals surface area contributed by atoms with Crippen LogP contribution in [0.25, 0.3) is 0 Å². The van der Waals surface area contributed by atoms with Crippen LogP contribution in [0.3, 0.4) is 0 Å². The lowest BCUT2D eigenvalue weighted by Gasteiger charge is -2.20. The SMILES string of the molecule is CC(C)CNC[C@@H](O)[C@@H](N)Cc1ccccc1.Cl.Cl. The Hall–Kier alpha value is -0.320. The highest BCUT2D eigenvalue weighted by atomic mass is 35.5. The van der Waals surface area contributed by atoms with Crippen LogP contribution in [-0.2, 0) is 6.42 Å². The van der Waals surface area contributed by atoms with Crippen molar-refractivity contribution in [3.63, 3.8) is 0 Å². The summed E-state index contributed by atoms with van der Waals surface area (Å²) < 4.78 is 0. The zero-order chi connectivity index (χ0) is 12.7. The molecule has 1 aromatic rings. The predicted molar refractivity (Wildman–Crippen MR) is 86.3 cm³/mol. The number of aliphatic hydroxyl groups is 1. The van der Waals surface area contributed by atoms with Crippen LogP contribution in [0, 0.1) is 5.92 Å². The van der Waals surface area contributed by atoms with Gasteiger partial charge in [0.1, 0.15) is 0 Å². The molecule has 0 amide bonds. The molecular weight excluding hydrogens is 283 g/mol. The molecule has 19 heavy (non-hydrogen) atoms. The number of nitrogens with two attached hydrogens (primary N) is 1. The molecule has 4 N–H and O–H groups in total. The van der Waals surface area contributed by atoms with Crippen molar-refractivity contribution in [2.24, 2.45) is 11.7 Å². The molecule has 0 aromatic heterocycles. The normalized spacial score (nSPS) is 13.3. The maximum absolute atomic E-state index is 9.90. The number of nitrogens with one attached hydrogen (secondary N) is 1. The Balaban J connectivity index is 0. The zero-order valence-electron chi connectivity index (χ0n) is 11.6. The lowest BCUT2D eigenvalue weighted by Crippen LogP contribution is -2.43. The van der Waals surface area contributed by atoms with Gasteiger partial charge in [0.15, 0.2) is 0 Å². The summed E-state index contributed by atoms with van der Waals surface area (Å²) in [5.74, 6) is 0.590. The van der Waals surface area contributed by atoms with Crippen LogP contribution < -0.4 is 11.1 Å². The summed E-state index contributed by atoms with van der Waals surface area (Å²) in [6.07, 6.45) is 0.222. The largest absolute Gasteiger partial charge is 0.390 e. The Kier molecular flexibility index (Phi) is 12.7. The molecule has 0 aliphatic rings. The minimum Gasteiger partial charge on any atom is -0.390 e. The van der Waals surface area contributed by atoms with Crippen molar-refractivity contribution in [2.75, 3.05) is 13.1 Å². The molecule has 112 valence electrons. The lowest BCUT2D eigenvalue weighted by molar-refractivity contribution is 0.141. The Morgan fingerprint density at radius 2 is 1.68 bits per heavy atom. The first-order valence-electron chi connectivity index (χ1n) is 6.28. The van der Waals surface area contributed by atoms with Crippen LogP contribution >= 0.6 is 24.8 Å². The number of hydrogen-bond acceptors (Lipinski definition) is 3. The first-order valence-corrected chi connectivity index (χ1v) is 6.28. The summed E-state index contributed by atoms with van der Waals surface area (Å²) >= 11 is 0. The molecule has 0 aliphatic heterocycles. The van der Waals surface area contributed by atoms with Gasteiger partial charge in [-0.3, -0.25) is 0 Å². The minimum absolute atomic E-state index is 0. The fourth-order valence-electron chi connectivity index (χ4n) is 1.69. The van der Waals surface area contributed by atoms with E-state index in [1.807, 2.05) is 30.3 Å². The van der Waals surface area contributed by atoms with Gasteiger partial charge in [-0.05, 0) is 24.4 Å². The van der Waals surface area contributed by atoms with Crippen LogP contribution in [0.1, 0.15) is 19.4 Å². The van der Waals surface area contributed by atoms with E-state index < -0.39 is 6.10 Å². The fraction of sp³-hybridized carbons (Fsp3) is 0.571. The van der Waals surface area contributed by atoms with Crippen LogP contribution in [0.4, 0.5) is 0 Å². The summed E-state index contributed by atoms with van der Waals surface area (Å²) in [6, 6.07) is 9.83. The van der Waals surface area contributed by atoms with Crippen molar-refractivity contribution in [3.05, 3.63) is 35.9 Å². The molecule has 5 heteroatoms. The van der Waals surface area contributed by atoms with Crippen LogP contribution in [0.2, 0.25) is 0 Å². The van der Waals surface area contributed by atoms with Crippen molar-refractivity contribution in [2.45, 2.75) is 32.4 Å². The molecule has 0 unspecified atom stereocenters. The quantitative estimate of drug-likeness (QED) is 0.722. The summed E-state index contributed by atoms with van der Waals surface area (Å²) in [5.41, 5.74) is 7.15. The van der Waals surface area contributed by atoms with Crippen molar-refractivity contribution in [1.82, 2.24) is 5.32 Å². The average Bonchev–Trinajstić information content (AvgIpc) is 2.29. The van der Waals surface area contributed by atoms with Gasteiger partial charge in [-0.1, -0.05) is 44.2 Å². The molecule has 0 saturated heterocycles. The van der Waals surface area contributed by atoms with Gasteiger partial charge in [0.25, 0.3) is 0 Å². The molecule has 3 nitrogen and oxygen atoms in total. The summed E-state index contributed by atoms with van der Waals surface area (Å²) in [4.78, 5) is 0. The van der Waals surface area contributed by atoms with E-state index in [1.165, 1.54) is 5.56 Å². The molecule has 0 aliphatic carbocycles. The number of aliphatic hydroxyl groups excluding tert-OH is 1. The third-order valence-corrected chi connectivity index (χ3v) is 2.71. The van der Waals surface area contributed by atoms with E-state index in [1.54, 1.807) is 0 Å². The summed E-state index contributed by atoms with van der Waals surface area (Å²) in [7, 11) is 0. The third kappa shape index (κ3) is 9.25.